The number of hydrogen-bond acceptors (Lipinski definition) is 3. The lowest BCUT2D eigenvalue weighted by atomic mass is 10.4. The maximum Gasteiger partial charge on any atom is 0.244 e. The summed E-state index contributed by atoms with van der Waals surface area (Å²) < 4.78 is 0. The molecule has 1 aliphatic rings. The predicted molar refractivity (Wildman–Crippen MR) is 72.9 cm³/mol. The summed E-state index contributed by atoms with van der Waals surface area (Å²) >= 11 is 1.52. The molecule has 0 bridgehead atoms. The van der Waals surface area contributed by atoms with Crippen molar-refractivity contribution in [2.45, 2.75) is 6.92 Å². The van der Waals surface area contributed by atoms with E-state index in [0.29, 0.717) is 10.7 Å². The van der Waals surface area contributed by atoms with Crippen molar-refractivity contribution in [3.8, 4) is 0 Å². The number of amidine groups is 1. The first-order valence-electron chi connectivity index (χ1n) is 5.72. The highest BCUT2D eigenvalue weighted by Crippen LogP contribution is 2.18. The molecule has 5 heteroatoms. The largest absolute Gasteiger partial charge is 0.343 e. The van der Waals surface area contributed by atoms with Crippen LogP contribution in [-0.4, -0.2) is 40.6 Å². The van der Waals surface area contributed by atoms with E-state index in [1.165, 1.54) is 18.7 Å². The monoisotopic (exact) mass is 268 g/mol. The Labute approximate surface area is 110 Å². The van der Waals surface area contributed by atoms with Gasteiger partial charge < -0.3 is 4.90 Å². The van der Waals surface area contributed by atoms with Crippen LogP contribution < -0.4 is 0 Å². The second kappa shape index (κ2) is 5.82. The van der Waals surface area contributed by atoms with Crippen LogP contribution in [0.5, 0.6) is 0 Å². The maximum absolute atomic E-state index is 12.0. The van der Waals surface area contributed by atoms with Crippen molar-refractivity contribution in [1.82, 2.24) is 4.90 Å². The van der Waals surface area contributed by atoms with Crippen molar-refractivity contribution in [3.63, 3.8) is 0 Å². The second-order valence-electron chi connectivity index (χ2n) is 3.97. The zero-order chi connectivity index (χ0) is 13.0. The summed E-state index contributed by atoms with van der Waals surface area (Å²) in [5.74, 6) is 0.694. The Morgan fingerprint density at radius 3 is 2.72 bits per heavy atom. The molecule has 1 aromatic carbocycles. The van der Waals surface area contributed by atoms with Crippen LogP contribution in [0.15, 0.2) is 35.3 Å². The van der Waals surface area contributed by atoms with Gasteiger partial charge in [-0.15, -0.1) is 0 Å². The molecule has 4 nitrogen and oxygen atoms in total. The number of amides is 1. The summed E-state index contributed by atoms with van der Waals surface area (Å²) in [4.78, 5) is 28.8. The van der Waals surface area contributed by atoms with Gasteiger partial charge in [-0.3, -0.25) is 9.59 Å². The van der Waals surface area contributed by atoms with Gasteiger partial charge in [-0.1, -0.05) is 42.1 Å². The number of aliphatic imine (C=N–C) groups is 1. The van der Waals surface area contributed by atoms with Crippen LogP contribution in [0.1, 0.15) is 17.3 Å². The van der Waals surface area contributed by atoms with E-state index in [2.05, 4.69) is 4.99 Å². The van der Waals surface area contributed by atoms with Crippen LogP contribution in [0, 0.1) is 0 Å². The summed E-state index contributed by atoms with van der Waals surface area (Å²) in [5, 5.41) is 0.659. The van der Waals surface area contributed by atoms with E-state index >= 15 is 0 Å². The number of ketones is 1. The Hall–Kier alpha value is -1.62. The van der Waals surface area contributed by atoms with Crippen molar-refractivity contribution in [2.75, 3.05) is 18.8 Å². The van der Waals surface area contributed by atoms with Crippen LogP contribution in [0.4, 0.5) is 0 Å². The highest BCUT2D eigenvalue weighted by atomic mass is 32.2. The van der Waals surface area contributed by atoms with Gasteiger partial charge in [0.25, 0.3) is 0 Å². The van der Waals surface area contributed by atoms with E-state index in [1.807, 2.05) is 23.1 Å². The van der Waals surface area contributed by atoms with Crippen LogP contribution in [0.3, 0.4) is 0 Å². The molecular formula is C13H14N2O2S. The van der Waals surface area contributed by atoms with Crippen LogP contribution in [0.25, 0.3) is 0 Å². The fourth-order valence-electron chi connectivity index (χ4n) is 1.71. The molecule has 0 radical (unpaired) electrons. The van der Waals surface area contributed by atoms with Crippen LogP contribution in [0.2, 0.25) is 0 Å². The van der Waals surface area contributed by atoms with Gasteiger partial charge in [-0.05, 0) is 0 Å². The molecule has 0 atom stereocenters. The summed E-state index contributed by atoms with van der Waals surface area (Å²) in [6, 6.07) is 9.17. The number of rotatable bonds is 3. The Morgan fingerprint density at radius 1 is 1.33 bits per heavy atom. The zero-order valence-corrected chi connectivity index (χ0v) is 10.9. The number of carbonyl (C=O) groups excluding carboxylic acids is 2. The first-order valence-corrected chi connectivity index (χ1v) is 6.70. The molecule has 18 heavy (non-hydrogen) atoms. The summed E-state index contributed by atoms with van der Waals surface area (Å²) in [7, 11) is 0. The molecule has 94 valence electrons. The first kappa shape index (κ1) is 12.8. The lowest BCUT2D eigenvalue weighted by Gasteiger charge is -2.16. The molecule has 1 aromatic rings. The van der Waals surface area contributed by atoms with Gasteiger partial charge in [0.1, 0.15) is 0 Å². The smallest absolute Gasteiger partial charge is 0.244 e. The van der Waals surface area contributed by atoms with Crippen molar-refractivity contribution >= 4 is 28.6 Å². The van der Waals surface area contributed by atoms with Crippen LogP contribution >= 0.6 is 11.8 Å². The third-order valence-corrected chi connectivity index (χ3v) is 3.54. The van der Waals surface area contributed by atoms with E-state index in [4.69, 9.17) is 0 Å². The molecule has 0 spiro atoms. The molecule has 0 saturated carbocycles. The topological polar surface area (TPSA) is 49.7 Å². The Balaban J connectivity index is 2.05. The van der Waals surface area contributed by atoms with Crippen molar-refractivity contribution in [3.05, 3.63) is 35.9 Å². The molecule has 1 aliphatic heterocycles. The van der Waals surface area contributed by atoms with Gasteiger partial charge in [0.2, 0.25) is 5.91 Å². The Kier molecular flexibility index (Phi) is 4.15. The number of carbonyl (C=O) groups is 2. The number of thioether (sulfide) groups is 1. The van der Waals surface area contributed by atoms with Crippen molar-refractivity contribution < 1.29 is 9.59 Å². The summed E-state index contributed by atoms with van der Waals surface area (Å²) in [6.45, 7) is 2.46. The van der Waals surface area contributed by atoms with Crippen molar-refractivity contribution in [1.29, 1.82) is 0 Å². The Morgan fingerprint density at radius 2 is 2.06 bits per heavy atom. The molecule has 2 rings (SSSR count). The van der Waals surface area contributed by atoms with Gasteiger partial charge >= 0.3 is 0 Å². The average molecular weight is 268 g/mol. The molecule has 1 heterocycles. The van der Waals surface area contributed by atoms with Gasteiger partial charge in [0, 0.05) is 24.8 Å². The summed E-state index contributed by atoms with van der Waals surface area (Å²) in [5.41, 5.74) is 0.691. The number of hydrogen-bond donors (Lipinski definition) is 0. The molecule has 1 amide bonds. The third-order valence-electron chi connectivity index (χ3n) is 2.55. The average Bonchev–Trinajstić information content (AvgIpc) is 2.77. The first-order chi connectivity index (χ1) is 8.66. The maximum atomic E-state index is 12.0. The molecule has 0 N–H and O–H groups in total. The fourth-order valence-corrected chi connectivity index (χ4v) is 2.73. The highest BCUT2D eigenvalue weighted by Gasteiger charge is 2.22. The number of benzene rings is 1. The highest BCUT2D eigenvalue weighted by molar-refractivity contribution is 8.14. The van der Waals surface area contributed by atoms with Gasteiger partial charge in [-0.2, -0.15) is 4.99 Å². The number of nitrogens with zero attached hydrogens (tertiary/aromatic N) is 2. The standard InChI is InChI=1S/C13H14N2O2S/c1-10(16)14-13-15(7-8-18-13)9-12(17)11-5-3-2-4-6-11/h2-6H,7-9H2,1H3/i2+1,3+1,4+1,5+1,6+1,11+1. The van der Waals surface area contributed by atoms with E-state index in [0.717, 1.165) is 12.3 Å². The van der Waals surface area contributed by atoms with Crippen LogP contribution in [-0.2, 0) is 4.79 Å². The molecule has 1 fully saturated rings. The minimum absolute atomic E-state index is 0.0503. The van der Waals surface area contributed by atoms with Crippen molar-refractivity contribution in [2.24, 2.45) is 4.99 Å². The summed E-state index contributed by atoms with van der Waals surface area (Å²) in [6.07, 6.45) is 0. The molecule has 1 saturated heterocycles. The van der Waals surface area contributed by atoms with Gasteiger partial charge in [0.15, 0.2) is 11.0 Å². The SMILES string of the molecule is CC(=O)N=C1SCCN1CC(=O)[13c]1[13cH][13cH][13cH][13cH][13cH]1. The number of Topliss-reactive ketones (excluding diaryl/α,β-unsaturated/α-hetero) is 1. The molecule has 0 aromatic heterocycles. The van der Waals surface area contributed by atoms with Gasteiger partial charge in [0.05, 0.1) is 6.54 Å². The van der Waals surface area contributed by atoms with E-state index in [-0.39, 0.29) is 18.2 Å². The minimum atomic E-state index is -0.225. The van der Waals surface area contributed by atoms with E-state index in [1.54, 1.807) is 12.1 Å². The lowest BCUT2D eigenvalue weighted by Crippen LogP contribution is -2.31. The van der Waals surface area contributed by atoms with E-state index < -0.39 is 0 Å². The minimum Gasteiger partial charge on any atom is -0.343 e. The zero-order valence-electron chi connectivity index (χ0n) is 10.1. The third kappa shape index (κ3) is 3.20. The fraction of sp³-hybridized carbons (Fsp3) is 0.308. The quantitative estimate of drug-likeness (QED) is 0.785. The van der Waals surface area contributed by atoms with Gasteiger partial charge in [-0.25, -0.2) is 0 Å². The Bertz CT molecular complexity index is 485. The second-order valence-corrected chi connectivity index (χ2v) is 5.03. The lowest BCUT2D eigenvalue weighted by molar-refractivity contribution is -0.115. The molecule has 0 unspecified atom stereocenters. The predicted octanol–water partition coefficient (Wildman–Crippen LogP) is 1.82. The van der Waals surface area contributed by atoms with E-state index in [9.17, 15) is 9.59 Å². The molecular weight excluding hydrogens is 254 g/mol. The molecule has 0 aliphatic carbocycles. The normalized spacial score (nSPS) is 17.2.